The Balaban J connectivity index is 2.42. The van der Waals surface area contributed by atoms with Crippen molar-refractivity contribution in [1.82, 2.24) is 5.16 Å². The summed E-state index contributed by atoms with van der Waals surface area (Å²) < 4.78 is 28.6. The summed E-state index contributed by atoms with van der Waals surface area (Å²) in [6.07, 6.45) is 0. The molecule has 1 aromatic carbocycles. The summed E-state index contributed by atoms with van der Waals surface area (Å²) in [4.78, 5) is 11.5. The first-order valence-corrected chi connectivity index (χ1v) is 6.12. The highest BCUT2D eigenvalue weighted by Gasteiger charge is 2.25. The lowest BCUT2D eigenvalue weighted by molar-refractivity contribution is 0.0510. The Hall–Kier alpha value is -2.08. The van der Waals surface area contributed by atoms with Crippen LogP contribution in [0.25, 0.3) is 11.3 Å². The number of carbonyl (C=O) groups is 1. The van der Waals surface area contributed by atoms with E-state index in [4.69, 9.17) is 20.9 Å². The van der Waals surface area contributed by atoms with E-state index in [1.807, 2.05) is 0 Å². The number of ether oxygens (including phenoxy) is 2. The fraction of sp³-hybridized carbons (Fsp3) is 0.231. The lowest BCUT2D eigenvalue weighted by atomic mass is 10.1. The number of methoxy groups -OCH3 is 1. The molecule has 0 saturated carbocycles. The number of halogens is 2. The van der Waals surface area contributed by atoms with Gasteiger partial charge in [0, 0.05) is 5.56 Å². The van der Waals surface area contributed by atoms with Gasteiger partial charge >= 0.3 is 5.97 Å². The number of carbonyl (C=O) groups excluding carboxylic acids is 1. The van der Waals surface area contributed by atoms with Crippen LogP contribution < -0.4 is 4.74 Å². The third-order valence-corrected chi connectivity index (χ3v) is 2.84. The van der Waals surface area contributed by atoms with Crippen molar-refractivity contribution in [2.45, 2.75) is 6.92 Å². The Morgan fingerprint density at radius 2 is 2.25 bits per heavy atom. The third-order valence-electron chi connectivity index (χ3n) is 2.53. The number of esters is 1. The largest absolute Gasteiger partial charge is 0.497 e. The van der Waals surface area contributed by atoms with Gasteiger partial charge in [-0.1, -0.05) is 16.8 Å². The topological polar surface area (TPSA) is 61.6 Å². The number of nitrogens with zero attached hydrogens (tertiary/aromatic N) is 1. The Morgan fingerprint density at radius 3 is 2.85 bits per heavy atom. The summed E-state index contributed by atoms with van der Waals surface area (Å²) in [7, 11) is 1.49. The van der Waals surface area contributed by atoms with Gasteiger partial charge in [0.25, 0.3) is 0 Å². The van der Waals surface area contributed by atoms with E-state index in [-0.39, 0.29) is 23.0 Å². The standard InChI is InChI=1S/C13H11ClFNO4/c1-3-19-13(17)11-10(15)12(20-16-11)8-5-4-7(18-2)6-9(8)14/h4-6H,3H2,1-2H3. The van der Waals surface area contributed by atoms with E-state index in [0.29, 0.717) is 5.75 Å². The van der Waals surface area contributed by atoms with Crippen molar-refractivity contribution in [3.63, 3.8) is 0 Å². The Morgan fingerprint density at radius 1 is 1.50 bits per heavy atom. The van der Waals surface area contributed by atoms with Crippen molar-refractivity contribution < 1.29 is 23.2 Å². The number of hydrogen-bond donors (Lipinski definition) is 0. The molecule has 1 heterocycles. The lowest BCUT2D eigenvalue weighted by Crippen LogP contribution is -2.06. The Bertz CT molecular complexity index is 641. The van der Waals surface area contributed by atoms with Gasteiger partial charge in [-0.2, -0.15) is 4.39 Å². The second-order valence-corrected chi connectivity index (χ2v) is 4.15. The maximum atomic E-state index is 14.1. The average Bonchev–Trinajstić information content (AvgIpc) is 2.80. The minimum Gasteiger partial charge on any atom is -0.497 e. The van der Waals surface area contributed by atoms with E-state index in [0.717, 1.165) is 0 Å². The highest BCUT2D eigenvalue weighted by molar-refractivity contribution is 6.33. The predicted octanol–water partition coefficient (Wildman–Crippen LogP) is 3.32. The molecule has 2 aromatic rings. The zero-order valence-corrected chi connectivity index (χ0v) is 11.5. The summed E-state index contributed by atoms with van der Waals surface area (Å²) >= 11 is 6.01. The van der Waals surface area contributed by atoms with Gasteiger partial charge < -0.3 is 14.0 Å². The maximum absolute atomic E-state index is 14.1. The first-order valence-electron chi connectivity index (χ1n) is 5.74. The predicted molar refractivity (Wildman–Crippen MR) is 69.4 cm³/mol. The summed E-state index contributed by atoms with van der Waals surface area (Å²) in [6.45, 7) is 1.72. The first-order chi connectivity index (χ1) is 9.58. The number of hydrogen-bond acceptors (Lipinski definition) is 5. The fourth-order valence-corrected chi connectivity index (χ4v) is 1.84. The molecule has 0 fully saturated rings. The molecule has 0 aliphatic heterocycles. The van der Waals surface area contributed by atoms with Crippen LogP contribution in [-0.4, -0.2) is 24.8 Å². The van der Waals surface area contributed by atoms with Gasteiger partial charge in [-0.05, 0) is 25.1 Å². The van der Waals surface area contributed by atoms with Crippen molar-refractivity contribution in [1.29, 1.82) is 0 Å². The van der Waals surface area contributed by atoms with Gasteiger partial charge in [0.2, 0.25) is 17.3 Å². The molecule has 7 heteroatoms. The molecular weight excluding hydrogens is 289 g/mol. The summed E-state index contributed by atoms with van der Waals surface area (Å²) in [5.41, 5.74) is -0.234. The second kappa shape index (κ2) is 5.92. The Labute approximate surface area is 119 Å². The van der Waals surface area contributed by atoms with Gasteiger partial charge in [0.05, 0.1) is 18.7 Å². The van der Waals surface area contributed by atoms with Gasteiger partial charge in [-0.25, -0.2) is 4.79 Å². The van der Waals surface area contributed by atoms with Crippen LogP contribution >= 0.6 is 11.6 Å². The molecule has 0 saturated heterocycles. The Kier molecular flexibility index (Phi) is 4.24. The molecule has 0 unspecified atom stereocenters. The highest BCUT2D eigenvalue weighted by atomic mass is 35.5. The molecule has 0 aliphatic rings. The quantitative estimate of drug-likeness (QED) is 0.810. The van der Waals surface area contributed by atoms with E-state index >= 15 is 0 Å². The van der Waals surface area contributed by atoms with Crippen LogP contribution in [0.15, 0.2) is 22.7 Å². The SMILES string of the molecule is CCOC(=O)c1noc(-c2ccc(OC)cc2Cl)c1F. The molecule has 0 N–H and O–H groups in total. The zero-order chi connectivity index (χ0) is 14.7. The molecule has 106 valence electrons. The van der Waals surface area contributed by atoms with Crippen molar-refractivity contribution in [3.8, 4) is 17.1 Å². The lowest BCUT2D eigenvalue weighted by Gasteiger charge is -2.03. The van der Waals surface area contributed by atoms with Gasteiger partial charge in [0.1, 0.15) is 5.75 Å². The van der Waals surface area contributed by atoms with E-state index in [1.165, 1.54) is 19.2 Å². The van der Waals surface area contributed by atoms with Crippen molar-refractivity contribution in [2.75, 3.05) is 13.7 Å². The summed E-state index contributed by atoms with van der Waals surface area (Å²) in [5.74, 6) is -1.50. The average molecular weight is 300 g/mol. The zero-order valence-electron chi connectivity index (χ0n) is 10.8. The molecule has 0 aliphatic carbocycles. The van der Waals surface area contributed by atoms with Crippen LogP contribution in [0.2, 0.25) is 5.02 Å². The normalized spacial score (nSPS) is 10.4. The third kappa shape index (κ3) is 2.60. The molecule has 0 atom stereocenters. The molecule has 0 spiro atoms. The van der Waals surface area contributed by atoms with Crippen LogP contribution in [0.5, 0.6) is 5.75 Å². The number of benzene rings is 1. The second-order valence-electron chi connectivity index (χ2n) is 3.74. The van der Waals surface area contributed by atoms with E-state index in [2.05, 4.69) is 9.89 Å². The van der Waals surface area contributed by atoms with Gasteiger partial charge in [-0.3, -0.25) is 0 Å². The van der Waals surface area contributed by atoms with E-state index in [9.17, 15) is 9.18 Å². The van der Waals surface area contributed by atoms with Crippen LogP contribution in [0, 0.1) is 5.82 Å². The molecule has 5 nitrogen and oxygen atoms in total. The molecular formula is C13H11ClFNO4. The first kappa shape index (κ1) is 14.3. The van der Waals surface area contributed by atoms with Crippen molar-refractivity contribution >= 4 is 17.6 Å². The van der Waals surface area contributed by atoms with Crippen LogP contribution in [0.1, 0.15) is 17.4 Å². The molecule has 2 rings (SSSR count). The molecule has 1 aromatic heterocycles. The van der Waals surface area contributed by atoms with Crippen LogP contribution in [0.4, 0.5) is 4.39 Å². The smallest absolute Gasteiger partial charge is 0.363 e. The molecule has 20 heavy (non-hydrogen) atoms. The summed E-state index contributed by atoms with van der Waals surface area (Å²) in [5, 5.41) is 3.60. The number of aromatic nitrogens is 1. The molecule has 0 radical (unpaired) electrons. The van der Waals surface area contributed by atoms with Crippen molar-refractivity contribution in [3.05, 3.63) is 34.7 Å². The van der Waals surface area contributed by atoms with Crippen LogP contribution in [0.3, 0.4) is 0 Å². The van der Waals surface area contributed by atoms with Gasteiger partial charge in [0.15, 0.2) is 0 Å². The monoisotopic (exact) mass is 299 g/mol. The maximum Gasteiger partial charge on any atom is 0.363 e. The van der Waals surface area contributed by atoms with E-state index in [1.54, 1.807) is 13.0 Å². The highest BCUT2D eigenvalue weighted by Crippen LogP contribution is 2.33. The fourth-order valence-electron chi connectivity index (χ4n) is 1.58. The van der Waals surface area contributed by atoms with Gasteiger partial charge in [-0.15, -0.1) is 0 Å². The molecule has 0 bridgehead atoms. The summed E-state index contributed by atoms with van der Waals surface area (Å²) in [6, 6.07) is 4.61. The van der Waals surface area contributed by atoms with Crippen molar-refractivity contribution in [2.24, 2.45) is 0 Å². The minimum absolute atomic E-state index is 0.115. The minimum atomic E-state index is -0.907. The molecule has 0 amide bonds. The number of rotatable bonds is 4. The van der Waals surface area contributed by atoms with Crippen LogP contribution in [-0.2, 0) is 4.74 Å². The van der Waals surface area contributed by atoms with E-state index < -0.39 is 17.5 Å².